The van der Waals surface area contributed by atoms with Gasteiger partial charge in [0.05, 0.1) is 5.76 Å². The van der Waals surface area contributed by atoms with Gasteiger partial charge < -0.3 is 26.4 Å². The van der Waals surface area contributed by atoms with Gasteiger partial charge in [-0.3, -0.25) is 4.79 Å². The average Bonchev–Trinajstić information content (AvgIpc) is 3.25. The van der Waals surface area contributed by atoms with E-state index in [1.165, 1.54) is 4.90 Å². The first-order valence-electron chi connectivity index (χ1n) is 10.5. The second-order valence-corrected chi connectivity index (χ2v) is 8.45. The molecule has 170 valence electrons. The van der Waals surface area contributed by atoms with E-state index in [1.54, 1.807) is 31.2 Å². The molecule has 0 fully saturated rings. The Hall–Kier alpha value is -2.52. The number of hydrogen-bond donors (Lipinski definition) is 1. The topological polar surface area (TPSA) is 62.6 Å². The first-order chi connectivity index (χ1) is 15.8. The number of para-hydroxylation sites is 1. The maximum Gasteiger partial charge on any atom is 2.00 e. The number of carbonyl (C=O) groups is 2. The molecule has 1 atom stereocenters. The van der Waals surface area contributed by atoms with E-state index in [0.717, 1.165) is 11.1 Å². The fourth-order valence-corrected chi connectivity index (χ4v) is 3.73. The summed E-state index contributed by atoms with van der Waals surface area (Å²) in [5, 5.41) is 4.11. The average molecular weight is 697 g/mol. The van der Waals surface area contributed by atoms with Gasteiger partial charge in [0.15, 0.2) is 0 Å². The van der Waals surface area contributed by atoms with Crippen molar-refractivity contribution in [3.05, 3.63) is 114 Å². The van der Waals surface area contributed by atoms with Crippen LogP contribution in [-0.4, -0.2) is 22.3 Å². The van der Waals surface area contributed by atoms with Crippen LogP contribution in [0.3, 0.4) is 0 Å². The molecule has 5 nitrogen and oxygen atoms in total. The van der Waals surface area contributed by atoms with Gasteiger partial charge in [-0.05, 0) is 28.8 Å². The third kappa shape index (κ3) is 5.93. The molecule has 4 rings (SSSR count). The number of amides is 2. The van der Waals surface area contributed by atoms with Crippen LogP contribution < -0.4 is 5.32 Å². The Labute approximate surface area is 227 Å². The van der Waals surface area contributed by atoms with Crippen LogP contribution in [0.4, 0.5) is 0 Å². The molecule has 0 aliphatic heterocycles. The molecule has 0 saturated carbocycles. The summed E-state index contributed by atoms with van der Waals surface area (Å²) in [6.07, 6.45) is 0. The van der Waals surface area contributed by atoms with Crippen LogP contribution in [0.5, 0.6) is 0 Å². The van der Waals surface area contributed by atoms with E-state index in [-0.39, 0.29) is 43.4 Å². The van der Waals surface area contributed by atoms with Crippen molar-refractivity contribution in [1.29, 1.82) is 0 Å². The molecular weight excluding hydrogens is 674 g/mol. The molecule has 0 spiro atoms. The zero-order valence-electron chi connectivity index (χ0n) is 18.7. The van der Waals surface area contributed by atoms with Gasteiger partial charge in [0, 0.05) is 23.7 Å². The summed E-state index contributed by atoms with van der Waals surface area (Å²) in [6, 6.07) is 26.9. The third-order valence-corrected chi connectivity index (χ3v) is 5.63. The molecule has 1 aromatic heterocycles. The number of nitrogens with one attached hydrogen (secondary N) is 1. The van der Waals surface area contributed by atoms with Crippen LogP contribution in [0.2, 0.25) is 5.02 Å². The Morgan fingerprint density at radius 3 is 2.41 bits per heavy atom. The van der Waals surface area contributed by atoms with Gasteiger partial charge >= 0.3 is 31.1 Å². The van der Waals surface area contributed by atoms with Crippen LogP contribution in [0.1, 0.15) is 28.6 Å². The van der Waals surface area contributed by atoms with Crippen LogP contribution >= 0.6 is 11.6 Å². The zero-order chi connectivity index (χ0) is 23.4. The van der Waals surface area contributed by atoms with Crippen molar-refractivity contribution in [3.63, 3.8) is 0 Å². The van der Waals surface area contributed by atoms with Gasteiger partial charge in [-0.2, -0.15) is 0 Å². The number of fused-ring (bicyclic) bond motifs is 1. The Bertz CT molecular complexity index is 1250. The number of hydrogen-bond acceptors (Lipinski definition) is 3. The molecule has 0 bridgehead atoms. The third-order valence-electron chi connectivity index (χ3n) is 5.40. The van der Waals surface area contributed by atoms with Crippen molar-refractivity contribution in [3.8, 4) is 0 Å². The largest absolute Gasteiger partial charge is 2.00 e. The number of benzene rings is 3. The minimum absolute atomic E-state index is 0. The summed E-state index contributed by atoms with van der Waals surface area (Å²) >= 11 is 6.15. The van der Waals surface area contributed by atoms with Gasteiger partial charge in [0.25, 0.3) is 0 Å². The molecule has 3 aromatic carbocycles. The molecule has 1 heterocycles. The van der Waals surface area contributed by atoms with E-state index in [9.17, 15) is 9.59 Å². The molecule has 0 aliphatic carbocycles. The van der Waals surface area contributed by atoms with E-state index >= 15 is 0 Å². The monoisotopic (exact) mass is 696 g/mol. The second kappa shape index (κ2) is 11.3. The van der Waals surface area contributed by atoms with E-state index < -0.39 is 17.4 Å². The van der Waals surface area contributed by atoms with Crippen molar-refractivity contribution in [2.24, 2.45) is 0 Å². The number of carbonyl (C=O) groups excluding carboxylic acids is 2. The first kappa shape index (κ1) is 26.1. The van der Waals surface area contributed by atoms with Gasteiger partial charge in [-0.1, -0.05) is 79.2 Å². The Kier molecular flexibility index (Phi) is 8.65. The first-order valence-corrected chi connectivity index (χ1v) is 10.9. The second-order valence-electron chi connectivity index (χ2n) is 8.02. The SMILES string of the molecule is [CH2-]C(C)(C(=O)NCc1ccccc1)N(Cc1cccc(Cl)c1)C(=O)c1[c-]c2ccccc2o1.[U+2]. The molecule has 2 amide bonds. The predicted molar refractivity (Wildman–Crippen MR) is 128 cm³/mol. The fourth-order valence-electron chi connectivity index (χ4n) is 3.52. The summed E-state index contributed by atoms with van der Waals surface area (Å²) < 4.78 is 5.74. The van der Waals surface area contributed by atoms with Gasteiger partial charge in [-0.25, -0.2) is 0 Å². The minimum Gasteiger partial charge on any atom is -0.514 e. The van der Waals surface area contributed by atoms with Crippen LogP contribution in [0.15, 0.2) is 83.3 Å². The van der Waals surface area contributed by atoms with Crippen LogP contribution in [0, 0.1) is 44.1 Å². The summed E-state index contributed by atoms with van der Waals surface area (Å²) in [5.41, 5.74) is 0.821. The molecule has 0 saturated heterocycles. The maximum atomic E-state index is 13.6. The molecule has 34 heavy (non-hydrogen) atoms. The van der Waals surface area contributed by atoms with Crippen LogP contribution in [-0.2, 0) is 17.9 Å². The van der Waals surface area contributed by atoms with Crippen molar-refractivity contribution < 1.29 is 45.1 Å². The van der Waals surface area contributed by atoms with Gasteiger partial charge in [0.2, 0.25) is 11.8 Å². The van der Waals surface area contributed by atoms with Crippen molar-refractivity contribution >= 4 is 34.4 Å². The summed E-state index contributed by atoms with van der Waals surface area (Å²) in [5.74, 6) is -0.861. The smallest absolute Gasteiger partial charge is 0.514 e. The molecule has 1 N–H and O–H groups in total. The zero-order valence-corrected chi connectivity index (χ0v) is 23.6. The molecule has 4 aromatic rings. The summed E-state index contributed by atoms with van der Waals surface area (Å²) in [6.45, 7) is 6.15. The van der Waals surface area contributed by atoms with Crippen LogP contribution in [0.25, 0.3) is 11.0 Å². The van der Waals surface area contributed by atoms with Gasteiger partial charge in [0.1, 0.15) is 0 Å². The normalized spacial score (nSPS) is 12.4. The summed E-state index contributed by atoms with van der Waals surface area (Å²) in [4.78, 5) is 28.2. The molecule has 0 radical (unpaired) electrons. The van der Waals surface area contributed by atoms with Gasteiger partial charge in [-0.15, -0.1) is 17.5 Å². The summed E-state index contributed by atoms with van der Waals surface area (Å²) in [7, 11) is 0. The number of rotatable bonds is 7. The van der Waals surface area contributed by atoms with E-state index in [2.05, 4.69) is 18.3 Å². The van der Waals surface area contributed by atoms with E-state index in [1.807, 2.05) is 54.6 Å². The quantitative estimate of drug-likeness (QED) is 0.262. The molecule has 7 heteroatoms. The number of halogens is 1. The van der Waals surface area contributed by atoms with Crippen molar-refractivity contribution in [1.82, 2.24) is 10.2 Å². The molecule has 1 unspecified atom stereocenters. The number of nitrogens with zero attached hydrogens (tertiary/aromatic N) is 1. The Morgan fingerprint density at radius 2 is 1.71 bits per heavy atom. The Balaban J connectivity index is 0.00000324. The molecule has 0 aliphatic rings. The maximum absolute atomic E-state index is 13.6. The Morgan fingerprint density at radius 1 is 1.03 bits per heavy atom. The fraction of sp³-hybridized carbons (Fsp3) is 0.148. The van der Waals surface area contributed by atoms with Crippen molar-refractivity contribution in [2.45, 2.75) is 25.6 Å². The van der Waals surface area contributed by atoms with E-state index in [0.29, 0.717) is 22.5 Å². The van der Waals surface area contributed by atoms with E-state index in [4.69, 9.17) is 16.0 Å². The number of furan rings is 1. The standard InChI is InChI=1S/C27H23ClN2O3.U/c1-27(2,26(32)29-17-19-9-4-3-5-10-19)30(18-20-11-8-13-22(28)15-20)25(31)24-16-21-12-6-7-14-23(21)33-24;/h3-15H,1,17-18H2,2H3,(H,29,32);/q-2;+2. The minimum atomic E-state index is -1.43. The predicted octanol–water partition coefficient (Wildman–Crippen LogP) is 5.44. The van der Waals surface area contributed by atoms with Crippen molar-refractivity contribution in [2.75, 3.05) is 0 Å². The molecular formula is C27H23ClN2O3U.